The molecule has 3 N–H and O–H groups in total. The highest BCUT2D eigenvalue weighted by Gasteiger charge is 2.29. The minimum Gasteiger partial charge on any atom is -0.355 e. The van der Waals surface area contributed by atoms with Crippen LogP contribution in [0.1, 0.15) is 23.3 Å². The Morgan fingerprint density at radius 2 is 2.00 bits per heavy atom. The predicted octanol–water partition coefficient (Wildman–Crippen LogP) is 2.72. The Balaban J connectivity index is 0.00000196. The van der Waals surface area contributed by atoms with E-state index in [1.54, 1.807) is 22.4 Å². The first-order valence-corrected chi connectivity index (χ1v) is 9.45. The molecule has 1 unspecified atom stereocenters. The fourth-order valence-electron chi connectivity index (χ4n) is 2.97. The van der Waals surface area contributed by atoms with Crippen LogP contribution in [0, 0.1) is 11.7 Å². The maximum absolute atomic E-state index is 13.0. The summed E-state index contributed by atoms with van der Waals surface area (Å²) < 4.78 is 13.0. The Labute approximate surface area is 179 Å². The molecule has 1 aromatic heterocycles. The third kappa shape index (κ3) is 5.88. The molecule has 1 aliphatic rings. The minimum atomic E-state index is -0.311. The van der Waals surface area contributed by atoms with E-state index < -0.39 is 0 Å². The van der Waals surface area contributed by atoms with E-state index in [4.69, 9.17) is 5.73 Å². The number of nitrogens with two attached hydrogens (primary N) is 1. The molecule has 3 rings (SSSR count). The monoisotopic (exact) mass is 448 g/mol. The van der Waals surface area contributed by atoms with Gasteiger partial charge in [-0.25, -0.2) is 9.37 Å². The Kier molecular flexibility index (Phi) is 9.81. The molecule has 1 atom stereocenters. The third-order valence-corrected chi connectivity index (χ3v) is 5.23. The average molecular weight is 449 g/mol. The first kappa shape index (κ1) is 24.3. The summed E-state index contributed by atoms with van der Waals surface area (Å²) in [6.07, 6.45) is 1.54. The lowest BCUT2D eigenvalue weighted by molar-refractivity contribution is -0.126. The first-order valence-electron chi connectivity index (χ1n) is 8.57. The number of nitrogens with zero attached hydrogens (tertiary/aromatic N) is 2. The van der Waals surface area contributed by atoms with Crippen molar-refractivity contribution < 1.29 is 14.0 Å². The van der Waals surface area contributed by atoms with Crippen LogP contribution in [-0.4, -0.2) is 47.9 Å². The van der Waals surface area contributed by atoms with Gasteiger partial charge in [0.2, 0.25) is 5.91 Å². The van der Waals surface area contributed by atoms with Crippen molar-refractivity contribution in [1.29, 1.82) is 0 Å². The van der Waals surface area contributed by atoms with Crippen LogP contribution < -0.4 is 11.1 Å². The SMILES string of the molecule is Cl.Cl.NCCNC(=O)C1CCCN(C(=O)c2csc(-c3ccc(F)cc3)n2)C1. The summed E-state index contributed by atoms with van der Waals surface area (Å²) in [5, 5.41) is 5.16. The number of likely N-dealkylation sites (tertiary alicyclic amines) is 1. The van der Waals surface area contributed by atoms with Gasteiger partial charge in [-0.1, -0.05) is 0 Å². The molecule has 2 heterocycles. The standard InChI is InChI=1S/C18H21FN4O2S.2ClH/c19-14-5-3-12(4-6-14)17-22-15(11-26-17)18(25)23-9-1-2-13(10-23)16(24)21-8-7-20;;/h3-6,11,13H,1-2,7-10,20H2,(H,21,24);2*1H. The van der Waals surface area contributed by atoms with Gasteiger partial charge in [0.1, 0.15) is 16.5 Å². The summed E-state index contributed by atoms with van der Waals surface area (Å²) in [5.41, 5.74) is 6.54. The molecule has 0 radical (unpaired) electrons. The molecule has 0 spiro atoms. The van der Waals surface area contributed by atoms with Crippen LogP contribution in [0.4, 0.5) is 4.39 Å². The van der Waals surface area contributed by atoms with Gasteiger partial charge in [0, 0.05) is 37.1 Å². The highest BCUT2D eigenvalue weighted by atomic mass is 35.5. The molecule has 1 saturated heterocycles. The van der Waals surface area contributed by atoms with Crippen molar-refractivity contribution in [3.05, 3.63) is 41.2 Å². The maximum atomic E-state index is 13.0. The summed E-state index contributed by atoms with van der Waals surface area (Å²) in [5.74, 6) is -0.757. The number of thiazole rings is 1. The minimum absolute atomic E-state index is 0. The number of hydrogen-bond acceptors (Lipinski definition) is 5. The lowest BCUT2D eigenvalue weighted by atomic mass is 9.97. The Hall–Kier alpha value is -1.74. The summed E-state index contributed by atoms with van der Waals surface area (Å²) in [4.78, 5) is 30.9. The molecule has 1 aliphatic heterocycles. The van der Waals surface area contributed by atoms with Crippen molar-refractivity contribution in [2.24, 2.45) is 11.7 Å². The zero-order valence-corrected chi connectivity index (χ0v) is 17.5. The molecule has 2 amide bonds. The number of aromatic nitrogens is 1. The summed E-state index contributed by atoms with van der Waals surface area (Å²) in [7, 11) is 0. The number of carbonyl (C=O) groups is 2. The topological polar surface area (TPSA) is 88.3 Å². The Bertz CT molecular complexity index is 788. The molecule has 1 fully saturated rings. The zero-order valence-electron chi connectivity index (χ0n) is 15.1. The van der Waals surface area contributed by atoms with Crippen LogP contribution in [0.15, 0.2) is 29.6 Å². The molecule has 1 aromatic carbocycles. The second-order valence-electron chi connectivity index (χ2n) is 6.21. The zero-order chi connectivity index (χ0) is 18.5. The van der Waals surface area contributed by atoms with Gasteiger partial charge in [-0.3, -0.25) is 9.59 Å². The van der Waals surface area contributed by atoms with Crippen LogP contribution in [0.5, 0.6) is 0 Å². The van der Waals surface area contributed by atoms with Gasteiger partial charge in [-0.05, 0) is 37.1 Å². The van der Waals surface area contributed by atoms with Gasteiger partial charge in [-0.2, -0.15) is 0 Å². The van der Waals surface area contributed by atoms with Crippen molar-refractivity contribution in [3.8, 4) is 10.6 Å². The smallest absolute Gasteiger partial charge is 0.273 e. The van der Waals surface area contributed by atoms with Gasteiger partial charge in [-0.15, -0.1) is 36.2 Å². The van der Waals surface area contributed by atoms with Crippen LogP contribution in [-0.2, 0) is 4.79 Å². The van der Waals surface area contributed by atoms with E-state index in [9.17, 15) is 14.0 Å². The number of rotatable bonds is 5. The van der Waals surface area contributed by atoms with Gasteiger partial charge in [0.15, 0.2) is 0 Å². The normalized spacial score (nSPS) is 15.9. The van der Waals surface area contributed by atoms with Crippen LogP contribution in [0.2, 0.25) is 0 Å². The fourth-order valence-corrected chi connectivity index (χ4v) is 3.77. The fraction of sp³-hybridized carbons (Fsp3) is 0.389. The molecule has 28 heavy (non-hydrogen) atoms. The number of carbonyl (C=O) groups excluding carboxylic acids is 2. The third-order valence-electron chi connectivity index (χ3n) is 4.34. The van der Waals surface area contributed by atoms with Crippen LogP contribution >= 0.6 is 36.2 Å². The summed E-state index contributed by atoms with van der Waals surface area (Å²) in [6, 6.07) is 6.02. The van der Waals surface area contributed by atoms with E-state index in [0.717, 1.165) is 18.4 Å². The summed E-state index contributed by atoms with van der Waals surface area (Å²) in [6.45, 7) is 1.84. The lowest BCUT2D eigenvalue weighted by Crippen LogP contribution is -2.46. The molecule has 0 bridgehead atoms. The van der Waals surface area contributed by atoms with Crippen LogP contribution in [0.25, 0.3) is 10.6 Å². The number of nitrogens with one attached hydrogen (secondary N) is 1. The number of hydrogen-bond donors (Lipinski definition) is 2. The van der Waals surface area contributed by atoms with E-state index in [1.165, 1.54) is 23.5 Å². The van der Waals surface area contributed by atoms with E-state index in [2.05, 4.69) is 10.3 Å². The van der Waals surface area contributed by atoms with E-state index in [-0.39, 0.29) is 48.4 Å². The number of halogens is 3. The molecule has 0 saturated carbocycles. The van der Waals surface area contributed by atoms with Crippen molar-refractivity contribution in [3.63, 3.8) is 0 Å². The van der Waals surface area contributed by atoms with Crippen molar-refractivity contribution >= 4 is 48.0 Å². The van der Waals surface area contributed by atoms with E-state index in [0.29, 0.717) is 36.9 Å². The van der Waals surface area contributed by atoms with Crippen molar-refractivity contribution in [2.45, 2.75) is 12.8 Å². The Morgan fingerprint density at radius 3 is 2.68 bits per heavy atom. The highest BCUT2D eigenvalue weighted by Crippen LogP contribution is 2.25. The van der Waals surface area contributed by atoms with Crippen molar-refractivity contribution in [1.82, 2.24) is 15.2 Å². The summed E-state index contributed by atoms with van der Waals surface area (Å²) >= 11 is 1.34. The molecule has 6 nitrogen and oxygen atoms in total. The quantitative estimate of drug-likeness (QED) is 0.735. The first-order chi connectivity index (χ1) is 12.6. The van der Waals surface area contributed by atoms with Gasteiger partial charge in [0.25, 0.3) is 5.91 Å². The maximum Gasteiger partial charge on any atom is 0.273 e. The highest BCUT2D eigenvalue weighted by molar-refractivity contribution is 7.13. The predicted molar refractivity (Wildman–Crippen MR) is 113 cm³/mol. The number of benzene rings is 1. The van der Waals surface area contributed by atoms with Gasteiger partial charge in [0.05, 0.1) is 5.92 Å². The molecular weight excluding hydrogens is 426 g/mol. The van der Waals surface area contributed by atoms with Crippen LogP contribution in [0.3, 0.4) is 0 Å². The Morgan fingerprint density at radius 1 is 1.29 bits per heavy atom. The number of amides is 2. The number of piperidine rings is 1. The largest absolute Gasteiger partial charge is 0.355 e. The van der Waals surface area contributed by atoms with E-state index >= 15 is 0 Å². The van der Waals surface area contributed by atoms with Gasteiger partial charge < -0.3 is 16.0 Å². The molecule has 0 aliphatic carbocycles. The molecular formula is C18H23Cl2FN4O2S. The second-order valence-corrected chi connectivity index (χ2v) is 7.07. The lowest BCUT2D eigenvalue weighted by Gasteiger charge is -2.31. The molecule has 10 heteroatoms. The molecule has 2 aromatic rings. The van der Waals surface area contributed by atoms with E-state index in [1.807, 2.05) is 0 Å². The second kappa shape index (κ2) is 11.3. The molecule has 154 valence electrons. The average Bonchev–Trinajstić information content (AvgIpc) is 3.16. The van der Waals surface area contributed by atoms with Gasteiger partial charge >= 0.3 is 0 Å². The van der Waals surface area contributed by atoms with Crippen molar-refractivity contribution in [2.75, 3.05) is 26.2 Å².